The van der Waals surface area contributed by atoms with Gasteiger partial charge in [0.2, 0.25) is 0 Å². The third-order valence-electron chi connectivity index (χ3n) is 3.27. The van der Waals surface area contributed by atoms with Crippen molar-refractivity contribution in [2.75, 3.05) is 0 Å². The van der Waals surface area contributed by atoms with Gasteiger partial charge < -0.3 is 9.73 Å². The van der Waals surface area contributed by atoms with Gasteiger partial charge in [0.25, 0.3) is 5.91 Å². The quantitative estimate of drug-likeness (QED) is 0.888. The summed E-state index contributed by atoms with van der Waals surface area (Å²) in [4.78, 5) is 11.6. The molecule has 0 aromatic carbocycles. The van der Waals surface area contributed by atoms with Gasteiger partial charge in [-0.05, 0) is 37.8 Å². The van der Waals surface area contributed by atoms with Gasteiger partial charge in [0.15, 0.2) is 5.76 Å². The minimum absolute atomic E-state index is 0.0760. The first-order chi connectivity index (χ1) is 8.47. The van der Waals surface area contributed by atoms with Crippen molar-refractivity contribution in [2.24, 2.45) is 5.92 Å². The van der Waals surface area contributed by atoms with Gasteiger partial charge in [-0.2, -0.15) is 13.2 Å². The van der Waals surface area contributed by atoms with Gasteiger partial charge in [-0.15, -0.1) is 0 Å². The Hall–Kier alpha value is -1.46. The Morgan fingerprint density at radius 2 is 1.94 bits per heavy atom. The zero-order chi connectivity index (χ0) is 13.2. The first-order valence-corrected chi connectivity index (χ1v) is 5.88. The Labute approximate surface area is 102 Å². The van der Waals surface area contributed by atoms with Gasteiger partial charge in [-0.1, -0.05) is 0 Å². The number of alkyl halides is 3. The number of amides is 1. The van der Waals surface area contributed by atoms with Crippen LogP contribution in [0.4, 0.5) is 13.2 Å². The van der Waals surface area contributed by atoms with E-state index in [4.69, 9.17) is 4.42 Å². The first kappa shape index (κ1) is 13.0. The second-order valence-electron chi connectivity index (χ2n) is 4.54. The van der Waals surface area contributed by atoms with Gasteiger partial charge in [-0.25, -0.2) is 0 Å². The van der Waals surface area contributed by atoms with E-state index in [1.54, 1.807) is 6.07 Å². The molecule has 0 unspecified atom stereocenters. The molecule has 0 bridgehead atoms. The molecule has 1 amide bonds. The summed E-state index contributed by atoms with van der Waals surface area (Å²) in [6, 6.07) is 2.92. The van der Waals surface area contributed by atoms with Crippen molar-refractivity contribution in [2.45, 2.75) is 37.9 Å². The molecular weight excluding hydrogens is 247 g/mol. The van der Waals surface area contributed by atoms with E-state index in [-0.39, 0.29) is 30.6 Å². The summed E-state index contributed by atoms with van der Waals surface area (Å²) in [6.07, 6.45) is -1.86. The molecule has 0 radical (unpaired) electrons. The number of carbonyl (C=O) groups excluding carboxylic acids is 1. The van der Waals surface area contributed by atoms with Gasteiger partial charge >= 0.3 is 6.18 Å². The number of carbonyl (C=O) groups is 1. The molecule has 0 atom stereocenters. The number of nitrogens with one attached hydrogen (secondary N) is 1. The molecular formula is C12H14F3NO2. The summed E-state index contributed by atoms with van der Waals surface area (Å²) in [5.74, 6) is -1.40. The Bertz CT molecular complexity index is 392. The van der Waals surface area contributed by atoms with Crippen LogP contribution in [0.3, 0.4) is 0 Å². The summed E-state index contributed by atoms with van der Waals surface area (Å²) < 4.78 is 42.3. The third-order valence-corrected chi connectivity index (χ3v) is 3.27. The first-order valence-electron chi connectivity index (χ1n) is 5.88. The number of hydrogen-bond acceptors (Lipinski definition) is 2. The highest BCUT2D eigenvalue weighted by atomic mass is 19.4. The van der Waals surface area contributed by atoms with E-state index >= 15 is 0 Å². The van der Waals surface area contributed by atoms with Gasteiger partial charge in [0.1, 0.15) is 0 Å². The Balaban J connectivity index is 1.82. The Morgan fingerprint density at radius 1 is 1.28 bits per heavy atom. The average molecular weight is 261 g/mol. The van der Waals surface area contributed by atoms with E-state index in [2.05, 4.69) is 5.32 Å². The number of rotatable bonds is 2. The lowest BCUT2D eigenvalue weighted by molar-refractivity contribution is -0.182. The van der Waals surface area contributed by atoms with Crippen molar-refractivity contribution in [3.05, 3.63) is 24.2 Å². The molecule has 1 aromatic rings. The Morgan fingerprint density at radius 3 is 2.44 bits per heavy atom. The van der Waals surface area contributed by atoms with Crippen molar-refractivity contribution in [1.82, 2.24) is 5.32 Å². The van der Waals surface area contributed by atoms with Crippen LogP contribution < -0.4 is 5.32 Å². The van der Waals surface area contributed by atoms with Crippen molar-refractivity contribution in [1.29, 1.82) is 0 Å². The summed E-state index contributed by atoms with van der Waals surface area (Å²) >= 11 is 0. The van der Waals surface area contributed by atoms with Crippen LogP contribution in [0.1, 0.15) is 36.2 Å². The molecule has 0 saturated heterocycles. The highest BCUT2D eigenvalue weighted by Gasteiger charge is 2.41. The third kappa shape index (κ3) is 3.05. The van der Waals surface area contributed by atoms with E-state index in [0.29, 0.717) is 12.8 Å². The van der Waals surface area contributed by atoms with Crippen LogP contribution in [0.25, 0.3) is 0 Å². The molecule has 1 heterocycles. The monoisotopic (exact) mass is 261 g/mol. The maximum atomic E-state index is 12.5. The predicted octanol–water partition coefficient (Wildman–Crippen LogP) is 3.13. The van der Waals surface area contributed by atoms with Crippen molar-refractivity contribution < 1.29 is 22.4 Å². The van der Waals surface area contributed by atoms with Gasteiger partial charge in [-0.3, -0.25) is 4.79 Å². The van der Waals surface area contributed by atoms with Crippen LogP contribution in [0, 0.1) is 5.92 Å². The highest BCUT2D eigenvalue weighted by Crippen LogP contribution is 2.37. The summed E-state index contributed by atoms with van der Waals surface area (Å²) in [6.45, 7) is 0. The van der Waals surface area contributed by atoms with E-state index < -0.39 is 12.1 Å². The van der Waals surface area contributed by atoms with Gasteiger partial charge in [0.05, 0.1) is 12.2 Å². The molecule has 1 aliphatic rings. The molecule has 100 valence electrons. The minimum atomic E-state index is -4.12. The molecule has 0 spiro atoms. The molecule has 6 heteroatoms. The predicted molar refractivity (Wildman–Crippen MR) is 58.0 cm³/mol. The largest absolute Gasteiger partial charge is 0.459 e. The van der Waals surface area contributed by atoms with Crippen molar-refractivity contribution in [3.8, 4) is 0 Å². The van der Waals surface area contributed by atoms with Crippen molar-refractivity contribution >= 4 is 5.91 Å². The second kappa shape index (κ2) is 5.04. The summed E-state index contributed by atoms with van der Waals surface area (Å²) in [5, 5.41) is 2.69. The molecule has 1 saturated carbocycles. The fraction of sp³-hybridized carbons (Fsp3) is 0.583. The van der Waals surface area contributed by atoms with Crippen LogP contribution in [0.2, 0.25) is 0 Å². The standard InChI is InChI=1S/C12H14F3NO2/c13-12(14,15)8-3-5-9(6-4-8)16-11(17)10-2-1-7-18-10/h1-2,7-9H,3-6H2,(H,16,17). The maximum absolute atomic E-state index is 12.5. The normalized spacial score (nSPS) is 24.8. The summed E-state index contributed by atoms with van der Waals surface area (Å²) in [5.41, 5.74) is 0. The zero-order valence-corrected chi connectivity index (χ0v) is 9.67. The second-order valence-corrected chi connectivity index (χ2v) is 4.54. The van der Waals surface area contributed by atoms with E-state index in [1.165, 1.54) is 12.3 Å². The Kier molecular flexibility index (Phi) is 3.63. The lowest BCUT2D eigenvalue weighted by atomic mass is 9.85. The smallest absolute Gasteiger partial charge is 0.391 e. The van der Waals surface area contributed by atoms with Gasteiger partial charge in [0, 0.05) is 6.04 Å². The molecule has 2 rings (SSSR count). The van der Waals surface area contributed by atoms with Crippen molar-refractivity contribution in [3.63, 3.8) is 0 Å². The number of halogens is 3. The van der Waals surface area contributed by atoms with E-state index in [9.17, 15) is 18.0 Å². The topological polar surface area (TPSA) is 42.2 Å². The number of hydrogen-bond donors (Lipinski definition) is 1. The number of furan rings is 1. The maximum Gasteiger partial charge on any atom is 0.391 e. The summed E-state index contributed by atoms with van der Waals surface area (Å²) in [7, 11) is 0. The van der Waals surface area contributed by atoms with Crippen LogP contribution in [-0.4, -0.2) is 18.1 Å². The molecule has 1 fully saturated rings. The van der Waals surface area contributed by atoms with E-state index in [0.717, 1.165) is 0 Å². The minimum Gasteiger partial charge on any atom is -0.459 e. The molecule has 1 aromatic heterocycles. The fourth-order valence-electron chi connectivity index (χ4n) is 2.23. The van der Waals surface area contributed by atoms with Crippen LogP contribution in [-0.2, 0) is 0 Å². The molecule has 0 aliphatic heterocycles. The fourth-order valence-corrected chi connectivity index (χ4v) is 2.23. The van der Waals surface area contributed by atoms with Crippen LogP contribution >= 0.6 is 0 Å². The lowest BCUT2D eigenvalue weighted by Gasteiger charge is -2.30. The van der Waals surface area contributed by atoms with E-state index in [1.807, 2.05) is 0 Å². The zero-order valence-electron chi connectivity index (χ0n) is 9.67. The highest BCUT2D eigenvalue weighted by molar-refractivity contribution is 5.91. The van der Waals surface area contributed by atoms with Crippen LogP contribution in [0.15, 0.2) is 22.8 Å². The average Bonchev–Trinajstić information content (AvgIpc) is 2.82. The SMILES string of the molecule is O=C(NC1CCC(C(F)(F)F)CC1)c1ccco1. The molecule has 18 heavy (non-hydrogen) atoms. The molecule has 3 nitrogen and oxygen atoms in total. The van der Waals surface area contributed by atoms with Crippen LogP contribution in [0.5, 0.6) is 0 Å². The molecule has 1 N–H and O–H groups in total. The lowest BCUT2D eigenvalue weighted by Crippen LogP contribution is -2.39. The molecule has 1 aliphatic carbocycles.